The van der Waals surface area contributed by atoms with Crippen LogP contribution in [-0.2, 0) is 11.3 Å². The first kappa shape index (κ1) is 16.1. The van der Waals surface area contributed by atoms with Crippen molar-refractivity contribution in [3.05, 3.63) is 29.0 Å². The third-order valence-electron chi connectivity index (χ3n) is 3.11. The molecule has 2 rings (SSSR count). The predicted molar refractivity (Wildman–Crippen MR) is 86.9 cm³/mol. The van der Waals surface area contributed by atoms with Crippen LogP contribution in [-0.4, -0.2) is 22.0 Å². The monoisotopic (exact) mass is 327 g/mol. The van der Waals surface area contributed by atoms with E-state index < -0.39 is 0 Å². The van der Waals surface area contributed by atoms with Gasteiger partial charge < -0.3 is 9.88 Å². The van der Waals surface area contributed by atoms with Gasteiger partial charge in [-0.2, -0.15) is 0 Å². The molecular weight excluding hydrogens is 309 g/mol. The fourth-order valence-electron chi connectivity index (χ4n) is 2.14. The lowest BCUT2D eigenvalue weighted by Crippen LogP contribution is -2.31. The van der Waals surface area contributed by atoms with Gasteiger partial charge >= 0.3 is 0 Å². The van der Waals surface area contributed by atoms with Crippen molar-refractivity contribution in [2.24, 2.45) is 5.92 Å². The maximum atomic E-state index is 12.1. The number of nitrogens with zero attached hydrogens (tertiary/aromatic N) is 2. The number of carbonyl (C=O) groups excluding carboxylic acids is 1. The maximum Gasteiger partial charge on any atom is 0.240 e. The molecule has 0 aliphatic rings. The molecule has 0 bridgehead atoms. The molecule has 0 radical (unpaired) electrons. The molecule has 0 saturated heterocycles. The fraction of sp³-hybridized carbons (Fsp3) is 0.467. The van der Waals surface area contributed by atoms with Crippen LogP contribution < -0.4 is 5.32 Å². The summed E-state index contributed by atoms with van der Waals surface area (Å²) in [5.41, 5.74) is 1.50. The Morgan fingerprint density at radius 1 is 1.38 bits per heavy atom. The average Bonchev–Trinajstić information content (AvgIpc) is 2.77. The van der Waals surface area contributed by atoms with Crippen LogP contribution in [0.2, 0.25) is 5.02 Å². The Labute approximate surface area is 134 Å². The van der Waals surface area contributed by atoms with Crippen molar-refractivity contribution < 1.29 is 4.79 Å². The van der Waals surface area contributed by atoms with E-state index in [-0.39, 0.29) is 17.8 Å². The molecule has 1 N–H and O–H groups in total. The summed E-state index contributed by atoms with van der Waals surface area (Å²) in [6.07, 6.45) is 0. The second-order valence-corrected chi connectivity index (χ2v) is 6.54. The molecule has 2 aromatic rings. The van der Waals surface area contributed by atoms with E-state index in [1.165, 1.54) is 0 Å². The molecule has 4 nitrogen and oxygen atoms in total. The molecule has 0 fully saturated rings. The van der Waals surface area contributed by atoms with Crippen LogP contribution in [0.4, 0.5) is 0 Å². The third-order valence-corrected chi connectivity index (χ3v) is 3.61. The Hall–Kier alpha value is -1.26. The van der Waals surface area contributed by atoms with Gasteiger partial charge in [-0.05, 0) is 25.0 Å². The molecule has 21 heavy (non-hydrogen) atoms. The van der Waals surface area contributed by atoms with Crippen molar-refractivity contribution >= 4 is 40.1 Å². The zero-order valence-electron chi connectivity index (χ0n) is 12.4. The highest BCUT2D eigenvalue weighted by Gasteiger charge is 2.18. The minimum absolute atomic E-state index is 0.0681. The number of hydrogen-bond acceptors (Lipinski definition) is 2. The zero-order chi connectivity index (χ0) is 15.6. The molecule has 0 spiro atoms. The molecule has 1 aromatic heterocycles. The standard InChI is InChI=1S/C15H19Cl2N3O/c1-9(2)7-18-13(21)8-20-14-11(17)5-4-6-12(14)19-15(20)10(3)16/h4-6,9-10H,7-8H2,1-3H3,(H,18,21). The number of benzene rings is 1. The molecule has 114 valence electrons. The van der Waals surface area contributed by atoms with Crippen molar-refractivity contribution in [3.63, 3.8) is 0 Å². The molecule has 1 aromatic carbocycles. The van der Waals surface area contributed by atoms with Gasteiger partial charge in [-0.15, -0.1) is 11.6 Å². The molecule has 6 heteroatoms. The Balaban J connectivity index is 2.36. The van der Waals surface area contributed by atoms with Crippen LogP contribution in [0.1, 0.15) is 32.0 Å². The van der Waals surface area contributed by atoms with Crippen molar-refractivity contribution in [3.8, 4) is 0 Å². The molecule has 1 atom stereocenters. The summed E-state index contributed by atoms with van der Waals surface area (Å²) >= 11 is 12.4. The van der Waals surface area contributed by atoms with Gasteiger partial charge in [-0.1, -0.05) is 31.5 Å². The van der Waals surface area contributed by atoms with E-state index >= 15 is 0 Å². The maximum absolute atomic E-state index is 12.1. The summed E-state index contributed by atoms with van der Waals surface area (Å²) in [5, 5.41) is 3.17. The van der Waals surface area contributed by atoms with Gasteiger partial charge in [0, 0.05) is 6.54 Å². The van der Waals surface area contributed by atoms with Gasteiger partial charge in [0.1, 0.15) is 12.4 Å². The summed E-state index contributed by atoms with van der Waals surface area (Å²) < 4.78 is 1.80. The number of imidazole rings is 1. The minimum atomic E-state index is -0.300. The summed E-state index contributed by atoms with van der Waals surface area (Å²) in [4.78, 5) is 16.6. The van der Waals surface area contributed by atoms with Crippen molar-refractivity contribution in [2.45, 2.75) is 32.7 Å². The quantitative estimate of drug-likeness (QED) is 0.850. The fourth-order valence-corrected chi connectivity index (χ4v) is 2.58. The molecule has 1 amide bonds. The first-order valence-corrected chi connectivity index (χ1v) is 7.77. The second-order valence-electron chi connectivity index (χ2n) is 5.48. The number of carbonyl (C=O) groups is 1. The van der Waals surface area contributed by atoms with Gasteiger partial charge in [-0.3, -0.25) is 4.79 Å². The van der Waals surface area contributed by atoms with Gasteiger partial charge in [0.05, 0.1) is 21.4 Å². The van der Waals surface area contributed by atoms with Crippen LogP contribution in [0.15, 0.2) is 18.2 Å². The number of halogens is 2. The topological polar surface area (TPSA) is 46.9 Å². The SMILES string of the molecule is CC(C)CNC(=O)Cn1c(C(C)Cl)nc2cccc(Cl)c21. The highest BCUT2D eigenvalue weighted by molar-refractivity contribution is 6.35. The Bertz CT molecular complexity index is 650. The first-order valence-electron chi connectivity index (χ1n) is 6.95. The number of rotatable bonds is 5. The average molecular weight is 328 g/mol. The molecule has 1 unspecified atom stereocenters. The third kappa shape index (κ3) is 3.69. The molecule has 0 aliphatic carbocycles. The lowest BCUT2D eigenvalue weighted by atomic mass is 10.2. The normalized spacial score (nSPS) is 12.9. The smallest absolute Gasteiger partial charge is 0.240 e. The van der Waals surface area contributed by atoms with Crippen LogP contribution in [0, 0.1) is 5.92 Å². The van der Waals surface area contributed by atoms with Crippen LogP contribution in [0.25, 0.3) is 11.0 Å². The highest BCUT2D eigenvalue weighted by atomic mass is 35.5. The van der Waals surface area contributed by atoms with Crippen LogP contribution in [0.3, 0.4) is 0 Å². The zero-order valence-corrected chi connectivity index (χ0v) is 13.9. The van der Waals surface area contributed by atoms with Gasteiger partial charge in [0.15, 0.2) is 0 Å². The number of hydrogen-bond donors (Lipinski definition) is 1. The highest BCUT2D eigenvalue weighted by Crippen LogP contribution is 2.29. The van der Waals surface area contributed by atoms with Gasteiger partial charge in [0.2, 0.25) is 5.91 Å². The van der Waals surface area contributed by atoms with E-state index in [2.05, 4.69) is 24.1 Å². The van der Waals surface area contributed by atoms with Crippen LogP contribution >= 0.6 is 23.2 Å². The molecule has 0 aliphatic heterocycles. The number of aromatic nitrogens is 2. The van der Waals surface area contributed by atoms with Crippen molar-refractivity contribution in [1.82, 2.24) is 14.9 Å². The summed E-state index contributed by atoms with van der Waals surface area (Å²) in [6, 6.07) is 5.49. The lowest BCUT2D eigenvalue weighted by Gasteiger charge is -2.12. The number of fused-ring (bicyclic) bond motifs is 1. The number of amides is 1. The minimum Gasteiger partial charge on any atom is -0.354 e. The van der Waals surface area contributed by atoms with Gasteiger partial charge in [-0.25, -0.2) is 4.98 Å². The van der Waals surface area contributed by atoms with Crippen molar-refractivity contribution in [1.29, 1.82) is 0 Å². The first-order chi connectivity index (χ1) is 9.90. The number of alkyl halides is 1. The summed E-state index contributed by atoms with van der Waals surface area (Å²) in [6.45, 7) is 6.75. The Kier molecular flexibility index (Phi) is 5.12. The van der Waals surface area contributed by atoms with E-state index in [4.69, 9.17) is 23.2 Å². The molecule has 0 saturated carbocycles. The van der Waals surface area contributed by atoms with Crippen molar-refractivity contribution in [2.75, 3.05) is 6.54 Å². The molecule has 1 heterocycles. The predicted octanol–water partition coefficient (Wildman–Crippen LogP) is 3.76. The summed E-state index contributed by atoms with van der Waals surface area (Å²) in [5.74, 6) is 0.990. The molecular formula is C15H19Cl2N3O. The van der Waals surface area contributed by atoms with E-state index in [0.717, 1.165) is 11.0 Å². The van der Waals surface area contributed by atoms with E-state index in [0.29, 0.717) is 23.3 Å². The largest absolute Gasteiger partial charge is 0.354 e. The van der Waals surface area contributed by atoms with E-state index in [1.54, 1.807) is 10.6 Å². The van der Waals surface area contributed by atoms with Crippen LogP contribution in [0.5, 0.6) is 0 Å². The van der Waals surface area contributed by atoms with Gasteiger partial charge in [0.25, 0.3) is 0 Å². The number of nitrogens with one attached hydrogen (secondary N) is 1. The Morgan fingerprint density at radius 3 is 2.71 bits per heavy atom. The van der Waals surface area contributed by atoms with E-state index in [1.807, 2.05) is 19.1 Å². The lowest BCUT2D eigenvalue weighted by molar-refractivity contribution is -0.121. The van der Waals surface area contributed by atoms with E-state index in [9.17, 15) is 4.79 Å². The Morgan fingerprint density at radius 2 is 2.10 bits per heavy atom. The summed E-state index contributed by atoms with van der Waals surface area (Å²) in [7, 11) is 0. The number of para-hydroxylation sites is 1. The second kappa shape index (κ2) is 6.67.